The van der Waals surface area contributed by atoms with Crippen molar-refractivity contribution in [1.82, 2.24) is 20.2 Å². The number of imidazole rings is 1. The van der Waals surface area contributed by atoms with E-state index in [2.05, 4.69) is 15.3 Å². The third-order valence-corrected chi connectivity index (χ3v) is 3.65. The van der Waals surface area contributed by atoms with Gasteiger partial charge >= 0.3 is 0 Å². The van der Waals surface area contributed by atoms with Gasteiger partial charge in [-0.05, 0) is 25.1 Å². The normalized spacial score (nSPS) is 16.8. The Labute approximate surface area is 108 Å². The van der Waals surface area contributed by atoms with Gasteiger partial charge in [0.1, 0.15) is 5.82 Å². The Morgan fingerprint density at radius 1 is 1.53 bits per heavy atom. The molecule has 94 valence electrons. The zero-order chi connectivity index (χ0) is 12.1. The van der Waals surface area contributed by atoms with Crippen molar-refractivity contribution in [3.8, 4) is 0 Å². The smallest absolute Gasteiger partial charge is 0.169 e. The van der Waals surface area contributed by atoms with Crippen LogP contribution in [0.3, 0.4) is 0 Å². The minimum atomic E-state index is 0.565. The highest BCUT2D eigenvalue weighted by atomic mass is 32.1. The SMILES string of the molecule is CN(Cc1ncc[nH]1)C(=S)NC1CCCCC1. The van der Waals surface area contributed by atoms with Crippen LogP contribution < -0.4 is 5.32 Å². The van der Waals surface area contributed by atoms with Gasteiger partial charge in [0.2, 0.25) is 0 Å². The zero-order valence-corrected chi connectivity index (χ0v) is 11.1. The van der Waals surface area contributed by atoms with Gasteiger partial charge in [0.05, 0.1) is 6.54 Å². The third-order valence-electron chi connectivity index (χ3n) is 3.22. The predicted octanol–water partition coefficient (Wildman–Crippen LogP) is 2.05. The molecule has 2 N–H and O–H groups in total. The summed E-state index contributed by atoms with van der Waals surface area (Å²) in [5.74, 6) is 0.945. The molecule has 0 aromatic carbocycles. The van der Waals surface area contributed by atoms with Crippen LogP contribution in [0.2, 0.25) is 0 Å². The lowest BCUT2D eigenvalue weighted by Crippen LogP contribution is -2.43. The first kappa shape index (κ1) is 12.4. The number of hydrogen-bond donors (Lipinski definition) is 2. The summed E-state index contributed by atoms with van der Waals surface area (Å²) >= 11 is 5.40. The van der Waals surface area contributed by atoms with Gasteiger partial charge in [-0.2, -0.15) is 0 Å². The van der Waals surface area contributed by atoms with E-state index >= 15 is 0 Å². The minimum absolute atomic E-state index is 0.565. The van der Waals surface area contributed by atoms with E-state index in [1.54, 1.807) is 6.20 Å². The van der Waals surface area contributed by atoms with Crippen LogP contribution >= 0.6 is 12.2 Å². The summed E-state index contributed by atoms with van der Waals surface area (Å²) in [6.45, 7) is 0.728. The Morgan fingerprint density at radius 3 is 2.94 bits per heavy atom. The molecule has 17 heavy (non-hydrogen) atoms. The summed E-state index contributed by atoms with van der Waals surface area (Å²) in [7, 11) is 2.00. The van der Waals surface area contributed by atoms with Gasteiger partial charge in [-0.25, -0.2) is 4.98 Å². The minimum Gasteiger partial charge on any atom is -0.360 e. The van der Waals surface area contributed by atoms with E-state index in [0.29, 0.717) is 6.04 Å². The second kappa shape index (κ2) is 6.00. The number of nitrogens with one attached hydrogen (secondary N) is 2. The van der Waals surface area contributed by atoms with Crippen LogP contribution in [0, 0.1) is 0 Å². The molecule has 5 heteroatoms. The highest BCUT2D eigenvalue weighted by Gasteiger charge is 2.15. The van der Waals surface area contributed by atoms with Crippen molar-refractivity contribution in [3.05, 3.63) is 18.2 Å². The molecule has 0 saturated heterocycles. The maximum atomic E-state index is 5.40. The van der Waals surface area contributed by atoms with Gasteiger partial charge in [-0.1, -0.05) is 19.3 Å². The molecule has 0 aliphatic heterocycles. The van der Waals surface area contributed by atoms with Crippen LogP contribution in [0.4, 0.5) is 0 Å². The topological polar surface area (TPSA) is 44.0 Å². The summed E-state index contributed by atoms with van der Waals surface area (Å²) in [6, 6.07) is 0.565. The predicted molar refractivity (Wildman–Crippen MR) is 72.7 cm³/mol. The van der Waals surface area contributed by atoms with E-state index in [-0.39, 0.29) is 0 Å². The van der Waals surface area contributed by atoms with Gasteiger partial charge in [-0.15, -0.1) is 0 Å². The molecule has 0 bridgehead atoms. The van der Waals surface area contributed by atoms with Crippen LogP contribution in [0.5, 0.6) is 0 Å². The van der Waals surface area contributed by atoms with E-state index in [1.807, 2.05) is 18.1 Å². The molecular weight excluding hydrogens is 232 g/mol. The Hall–Kier alpha value is -1.10. The number of H-pyrrole nitrogens is 1. The summed E-state index contributed by atoms with van der Waals surface area (Å²) in [5.41, 5.74) is 0. The van der Waals surface area contributed by atoms with Crippen molar-refractivity contribution in [3.63, 3.8) is 0 Å². The maximum absolute atomic E-state index is 5.40. The van der Waals surface area contributed by atoms with E-state index in [9.17, 15) is 0 Å². The molecule has 1 aromatic heterocycles. The van der Waals surface area contributed by atoms with E-state index in [0.717, 1.165) is 17.5 Å². The highest BCUT2D eigenvalue weighted by molar-refractivity contribution is 7.80. The second-order valence-electron chi connectivity index (χ2n) is 4.68. The van der Waals surface area contributed by atoms with Crippen molar-refractivity contribution in [2.24, 2.45) is 0 Å². The number of nitrogens with zero attached hydrogens (tertiary/aromatic N) is 2. The number of aromatic amines is 1. The van der Waals surface area contributed by atoms with Gasteiger partial charge in [-0.3, -0.25) is 0 Å². The van der Waals surface area contributed by atoms with Gasteiger partial charge in [0, 0.05) is 25.5 Å². The lowest BCUT2D eigenvalue weighted by Gasteiger charge is -2.28. The van der Waals surface area contributed by atoms with Gasteiger partial charge in [0.15, 0.2) is 5.11 Å². The summed E-state index contributed by atoms with van der Waals surface area (Å²) < 4.78 is 0. The number of thiocarbonyl (C=S) groups is 1. The average molecular weight is 252 g/mol. The molecule has 1 aliphatic carbocycles. The standard InChI is InChI=1S/C12H20N4S/c1-16(9-11-13-7-8-14-11)12(17)15-10-5-3-2-4-6-10/h7-8,10H,2-6,9H2,1H3,(H,13,14)(H,15,17). The number of aromatic nitrogens is 2. The second-order valence-corrected chi connectivity index (χ2v) is 5.06. The first-order chi connectivity index (χ1) is 8.25. The third kappa shape index (κ3) is 3.70. The lowest BCUT2D eigenvalue weighted by molar-refractivity contribution is 0.390. The largest absolute Gasteiger partial charge is 0.360 e. The maximum Gasteiger partial charge on any atom is 0.169 e. The summed E-state index contributed by atoms with van der Waals surface area (Å²) in [6.07, 6.45) is 10.1. The molecule has 0 atom stereocenters. The Kier molecular flexibility index (Phi) is 4.36. The van der Waals surface area contributed by atoms with Gasteiger partial charge < -0.3 is 15.2 Å². The Bertz CT molecular complexity index is 343. The molecule has 1 fully saturated rings. The fourth-order valence-electron chi connectivity index (χ4n) is 2.21. The van der Waals surface area contributed by atoms with Crippen molar-refractivity contribution < 1.29 is 0 Å². The number of rotatable bonds is 3. The Morgan fingerprint density at radius 2 is 2.29 bits per heavy atom. The first-order valence-corrected chi connectivity index (χ1v) is 6.66. The molecule has 1 aromatic rings. The van der Waals surface area contributed by atoms with Crippen LogP contribution in [-0.2, 0) is 6.54 Å². The molecule has 1 aliphatic rings. The number of hydrogen-bond acceptors (Lipinski definition) is 2. The van der Waals surface area contributed by atoms with Crippen molar-refractivity contribution in [2.45, 2.75) is 44.7 Å². The quantitative estimate of drug-likeness (QED) is 0.808. The average Bonchev–Trinajstić information content (AvgIpc) is 2.83. The molecule has 0 radical (unpaired) electrons. The monoisotopic (exact) mass is 252 g/mol. The van der Waals surface area contributed by atoms with Crippen molar-refractivity contribution in [1.29, 1.82) is 0 Å². The van der Waals surface area contributed by atoms with Gasteiger partial charge in [0.25, 0.3) is 0 Å². The zero-order valence-electron chi connectivity index (χ0n) is 10.3. The molecule has 2 rings (SSSR count). The Balaban J connectivity index is 1.78. The molecule has 0 amide bonds. The molecular formula is C12H20N4S. The molecule has 0 unspecified atom stereocenters. The van der Waals surface area contributed by atoms with Crippen molar-refractivity contribution >= 4 is 17.3 Å². The van der Waals surface area contributed by atoms with Crippen LogP contribution in [0.25, 0.3) is 0 Å². The van der Waals surface area contributed by atoms with Crippen molar-refractivity contribution in [2.75, 3.05) is 7.05 Å². The lowest BCUT2D eigenvalue weighted by atomic mass is 9.96. The fourth-order valence-corrected chi connectivity index (χ4v) is 2.44. The summed E-state index contributed by atoms with van der Waals surface area (Å²) in [5, 5.41) is 4.27. The molecule has 0 spiro atoms. The summed E-state index contributed by atoms with van der Waals surface area (Å²) in [4.78, 5) is 9.32. The first-order valence-electron chi connectivity index (χ1n) is 6.25. The van der Waals surface area contributed by atoms with E-state index in [1.165, 1.54) is 32.1 Å². The van der Waals surface area contributed by atoms with Crippen LogP contribution in [0.15, 0.2) is 12.4 Å². The van der Waals surface area contributed by atoms with Crippen LogP contribution in [0.1, 0.15) is 37.9 Å². The molecule has 1 heterocycles. The highest BCUT2D eigenvalue weighted by Crippen LogP contribution is 2.17. The van der Waals surface area contributed by atoms with E-state index < -0.39 is 0 Å². The molecule has 1 saturated carbocycles. The van der Waals surface area contributed by atoms with E-state index in [4.69, 9.17) is 12.2 Å². The fraction of sp³-hybridized carbons (Fsp3) is 0.667. The molecule has 4 nitrogen and oxygen atoms in total. The van der Waals surface area contributed by atoms with Crippen LogP contribution in [-0.4, -0.2) is 33.1 Å².